The van der Waals surface area contributed by atoms with Crippen LogP contribution in [0.2, 0.25) is 0 Å². The van der Waals surface area contributed by atoms with E-state index in [0.717, 1.165) is 23.0 Å². The molecule has 0 saturated carbocycles. The largest absolute Gasteiger partial charge is 0.416 e. The van der Waals surface area contributed by atoms with E-state index in [1.807, 2.05) is 4.90 Å². The molecule has 5 heterocycles. The number of anilines is 1. The second kappa shape index (κ2) is 8.13. The number of hydrogen-bond acceptors (Lipinski definition) is 6. The van der Waals surface area contributed by atoms with Crippen molar-refractivity contribution in [3.63, 3.8) is 0 Å². The van der Waals surface area contributed by atoms with Crippen molar-refractivity contribution in [2.45, 2.75) is 44.5 Å². The summed E-state index contributed by atoms with van der Waals surface area (Å²) in [7, 11) is 0. The van der Waals surface area contributed by atoms with Gasteiger partial charge in [-0.1, -0.05) is 0 Å². The third-order valence-electron chi connectivity index (χ3n) is 6.53. The lowest BCUT2D eigenvalue weighted by atomic mass is 9.75. The van der Waals surface area contributed by atoms with E-state index in [1.165, 1.54) is 12.4 Å². The smallest absolute Gasteiger partial charge is 0.347 e. The molecule has 0 aromatic carbocycles. The molecule has 34 heavy (non-hydrogen) atoms. The van der Waals surface area contributed by atoms with E-state index in [4.69, 9.17) is 0 Å². The summed E-state index contributed by atoms with van der Waals surface area (Å²) in [6.45, 7) is 0.295. The maximum absolute atomic E-state index is 13.1. The van der Waals surface area contributed by atoms with Gasteiger partial charge in [-0.15, -0.1) is 0 Å². The molecule has 13 heteroatoms. The van der Waals surface area contributed by atoms with Gasteiger partial charge >= 0.3 is 6.18 Å². The normalized spacial score (nSPS) is 20.5. The van der Waals surface area contributed by atoms with Gasteiger partial charge < -0.3 is 10.2 Å². The molecule has 2 aliphatic heterocycles. The number of nitrogens with zero attached hydrogens (tertiary/aromatic N) is 6. The Morgan fingerprint density at radius 2 is 1.94 bits per heavy atom. The van der Waals surface area contributed by atoms with Crippen LogP contribution in [-0.2, 0) is 17.5 Å². The van der Waals surface area contributed by atoms with E-state index >= 15 is 0 Å². The van der Waals surface area contributed by atoms with Crippen molar-refractivity contribution >= 4 is 22.9 Å². The molecule has 3 aromatic rings. The second-order valence-corrected chi connectivity index (χ2v) is 8.63. The van der Waals surface area contributed by atoms with Crippen LogP contribution >= 0.6 is 0 Å². The SMILES string of the molecule is O=C1NC(c2cc(C(F)(F)F)ccn2)CC12CCN(c1ncc3cnn(CC(F)F)c3n1)CC2. The van der Waals surface area contributed by atoms with Gasteiger partial charge in [-0.2, -0.15) is 23.3 Å². The number of carbonyl (C=O) groups is 1. The number of rotatable bonds is 4. The lowest BCUT2D eigenvalue weighted by molar-refractivity contribution is -0.137. The van der Waals surface area contributed by atoms with Crippen molar-refractivity contribution in [2.75, 3.05) is 18.0 Å². The number of aromatic nitrogens is 5. The summed E-state index contributed by atoms with van der Waals surface area (Å²) in [4.78, 5) is 27.5. The van der Waals surface area contributed by atoms with Crippen LogP contribution in [0.25, 0.3) is 11.0 Å². The first-order chi connectivity index (χ1) is 16.1. The zero-order valence-corrected chi connectivity index (χ0v) is 17.8. The first-order valence-electron chi connectivity index (χ1n) is 10.7. The van der Waals surface area contributed by atoms with E-state index in [0.29, 0.717) is 49.3 Å². The molecule has 1 amide bonds. The number of carbonyl (C=O) groups excluding carboxylic acids is 1. The van der Waals surface area contributed by atoms with Crippen LogP contribution in [0.15, 0.2) is 30.7 Å². The van der Waals surface area contributed by atoms with Crippen LogP contribution in [0.5, 0.6) is 0 Å². The highest BCUT2D eigenvalue weighted by Gasteiger charge is 2.49. The van der Waals surface area contributed by atoms with Crippen molar-refractivity contribution in [1.82, 2.24) is 30.0 Å². The fraction of sp³-hybridized carbons (Fsp3) is 0.476. The summed E-state index contributed by atoms with van der Waals surface area (Å²) >= 11 is 0. The average Bonchev–Trinajstić information content (AvgIpc) is 3.34. The van der Waals surface area contributed by atoms with Crippen LogP contribution < -0.4 is 10.2 Å². The molecule has 0 aliphatic carbocycles. The molecule has 1 unspecified atom stereocenters. The Morgan fingerprint density at radius 1 is 1.18 bits per heavy atom. The third-order valence-corrected chi connectivity index (χ3v) is 6.53. The number of fused-ring (bicyclic) bond motifs is 1. The molecule has 5 rings (SSSR count). The van der Waals surface area contributed by atoms with Gasteiger partial charge in [-0.25, -0.2) is 18.4 Å². The molecule has 1 spiro atoms. The van der Waals surface area contributed by atoms with Crippen molar-refractivity contribution in [1.29, 1.82) is 0 Å². The van der Waals surface area contributed by atoms with Gasteiger partial charge in [-0.05, 0) is 31.4 Å². The minimum absolute atomic E-state index is 0.184. The molecule has 3 aromatic heterocycles. The Morgan fingerprint density at radius 3 is 2.65 bits per heavy atom. The molecule has 8 nitrogen and oxygen atoms in total. The highest BCUT2D eigenvalue weighted by molar-refractivity contribution is 5.86. The van der Waals surface area contributed by atoms with Crippen molar-refractivity contribution in [2.24, 2.45) is 5.41 Å². The predicted molar refractivity (Wildman–Crippen MR) is 110 cm³/mol. The summed E-state index contributed by atoms with van der Waals surface area (Å²) in [5.74, 6) is 0.149. The lowest BCUT2D eigenvalue weighted by Crippen LogP contribution is -2.44. The first kappa shape index (κ1) is 22.4. The number of amides is 1. The van der Waals surface area contributed by atoms with Crippen LogP contribution in [-0.4, -0.2) is 50.2 Å². The molecule has 1 N–H and O–H groups in total. The van der Waals surface area contributed by atoms with Gasteiger partial charge in [0, 0.05) is 25.5 Å². The summed E-state index contributed by atoms with van der Waals surface area (Å²) in [5.41, 5.74) is -1.04. The van der Waals surface area contributed by atoms with Crippen LogP contribution in [0.1, 0.15) is 36.6 Å². The van der Waals surface area contributed by atoms with Gasteiger partial charge in [0.2, 0.25) is 11.9 Å². The Kier molecular flexibility index (Phi) is 5.36. The first-order valence-corrected chi connectivity index (χ1v) is 10.7. The molecule has 0 bridgehead atoms. The highest BCUT2D eigenvalue weighted by Crippen LogP contribution is 2.45. The molecule has 1 atom stereocenters. The number of alkyl halides is 5. The zero-order valence-electron chi connectivity index (χ0n) is 17.8. The Labute approximate surface area is 190 Å². The van der Waals surface area contributed by atoms with Crippen LogP contribution in [0, 0.1) is 5.41 Å². The minimum Gasteiger partial charge on any atom is -0.347 e. The number of hydrogen-bond donors (Lipinski definition) is 1. The molecule has 2 fully saturated rings. The monoisotopic (exact) mass is 481 g/mol. The maximum atomic E-state index is 13.1. The molecular formula is C21H20F5N7O. The highest BCUT2D eigenvalue weighted by atomic mass is 19.4. The quantitative estimate of drug-likeness (QED) is 0.575. The molecular weight excluding hydrogens is 461 g/mol. The number of nitrogens with one attached hydrogen (secondary N) is 1. The fourth-order valence-electron chi connectivity index (χ4n) is 4.68. The predicted octanol–water partition coefficient (Wildman–Crippen LogP) is 3.35. The van der Waals surface area contributed by atoms with E-state index in [1.54, 1.807) is 0 Å². The van der Waals surface area contributed by atoms with Crippen LogP contribution in [0.3, 0.4) is 0 Å². The summed E-state index contributed by atoms with van der Waals surface area (Å²) in [6.07, 6.45) is -1.77. The Bertz CT molecular complexity index is 1220. The molecule has 180 valence electrons. The number of pyridine rings is 1. The zero-order chi connectivity index (χ0) is 24.1. The van der Waals surface area contributed by atoms with Crippen LogP contribution in [0.4, 0.5) is 27.9 Å². The van der Waals surface area contributed by atoms with E-state index in [2.05, 4.69) is 25.4 Å². The second-order valence-electron chi connectivity index (χ2n) is 8.63. The standard InChI is InChI=1S/C21H20F5N7O/c22-16(23)11-33-17-12(10-29-33)9-28-19(31-17)32-5-2-20(3-6-32)8-15(30-18(20)34)14-7-13(1-4-27-14)21(24,25)26/h1,4,7,9-10,15-16H,2-3,5-6,8,11H2,(H,30,34). The summed E-state index contributed by atoms with van der Waals surface area (Å²) < 4.78 is 66.0. The third kappa shape index (κ3) is 4.03. The summed E-state index contributed by atoms with van der Waals surface area (Å²) in [6, 6.07) is 1.28. The van der Waals surface area contributed by atoms with E-state index < -0.39 is 36.2 Å². The van der Waals surface area contributed by atoms with E-state index in [9.17, 15) is 26.7 Å². The molecule has 0 radical (unpaired) electrons. The number of halogens is 5. The van der Waals surface area contributed by atoms with Gasteiger partial charge in [0.15, 0.2) is 5.65 Å². The van der Waals surface area contributed by atoms with Crippen molar-refractivity contribution < 1.29 is 26.7 Å². The van der Waals surface area contributed by atoms with Crippen molar-refractivity contribution in [3.05, 3.63) is 42.0 Å². The van der Waals surface area contributed by atoms with Gasteiger partial charge in [0.05, 0.1) is 34.3 Å². The van der Waals surface area contributed by atoms with Gasteiger partial charge in [-0.3, -0.25) is 9.78 Å². The van der Waals surface area contributed by atoms with E-state index in [-0.39, 0.29) is 11.6 Å². The maximum Gasteiger partial charge on any atom is 0.416 e. The lowest BCUT2D eigenvalue weighted by Gasteiger charge is -2.37. The fourth-order valence-corrected chi connectivity index (χ4v) is 4.68. The number of piperidine rings is 1. The summed E-state index contributed by atoms with van der Waals surface area (Å²) in [5, 5.41) is 7.29. The van der Waals surface area contributed by atoms with Crippen molar-refractivity contribution in [3.8, 4) is 0 Å². The Balaban J connectivity index is 1.31. The molecule has 2 aliphatic rings. The average molecular weight is 481 g/mol. The Hall–Kier alpha value is -3.38. The minimum atomic E-state index is -4.49. The van der Waals surface area contributed by atoms with Gasteiger partial charge in [0.1, 0.15) is 6.54 Å². The van der Waals surface area contributed by atoms with Gasteiger partial charge in [0.25, 0.3) is 6.43 Å². The topological polar surface area (TPSA) is 88.8 Å². The molecule has 2 saturated heterocycles.